The molecule has 0 saturated carbocycles. The van der Waals surface area contributed by atoms with Gasteiger partial charge in [0.2, 0.25) is 0 Å². The fourth-order valence-electron chi connectivity index (χ4n) is 1.45. The van der Waals surface area contributed by atoms with Crippen LogP contribution in [-0.2, 0) is 0 Å². The standard InChI is InChI=1S/C13H20N2O2S/c1-10(18-2)8-14-13(17)15-12(9-16)11-6-4-3-5-7-11/h3-7,10,12,16H,8-9H2,1-2H3,(H2,14,15,17)/t10-,12+/m1/s1. The molecule has 18 heavy (non-hydrogen) atoms. The van der Waals surface area contributed by atoms with Gasteiger partial charge in [-0.3, -0.25) is 0 Å². The quantitative estimate of drug-likeness (QED) is 0.737. The maximum Gasteiger partial charge on any atom is 0.315 e. The van der Waals surface area contributed by atoms with Gasteiger partial charge in [0, 0.05) is 11.8 Å². The summed E-state index contributed by atoms with van der Waals surface area (Å²) in [5, 5.41) is 15.2. The van der Waals surface area contributed by atoms with E-state index >= 15 is 0 Å². The Morgan fingerprint density at radius 3 is 2.61 bits per heavy atom. The fraction of sp³-hybridized carbons (Fsp3) is 0.462. The Hall–Kier alpha value is -1.20. The average Bonchev–Trinajstić information content (AvgIpc) is 2.43. The summed E-state index contributed by atoms with van der Waals surface area (Å²) in [7, 11) is 0. The van der Waals surface area contributed by atoms with E-state index in [9.17, 15) is 9.90 Å². The summed E-state index contributed by atoms with van der Waals surface area (Å²) < 4.78 is 0. The lowest BCUT2D eigenvalue weighted by molar-refractivity contribution is 0.217. The molecule has 2 atom stereocenters. The number of carbonyl (C=O) groups excluding carboxylic acids is 1. The summed E-state index contributed by atoms with van der Waals surface area (Å²) in [5.41, 5.74) is 0.896. The molecule has 1 aromatic carbocycles. The number of thioether (sulfide) groups is 1. The molecule has 0 unspecified atom stereocenters. The molecule has 4 nitrogen and oxygen atoms in total. The van der Waals surface area contributed by atoms with Crippen LogP contribution >= 0.6 is 11.8 Å². The Morgan fingerprint density at radius 1 is 1.39 bits per heavy atom. The van der Waals surface area contributed by atoms with Crippen LogP contribution in [0.2, 0.25) is 0 Å². The summed E-state index contributed by atoms with van der Waals surface area (Å²) in [6, 6.07) is 8.81. The van der Waals surface area contributed by atoms with E-state index in [0.717, 1.165) is 5.56 Å². The second kappa shape index (κ2) is 8.00. The number of aliphatic hydroxyl groups is 1. The van der Waals surface area contributed by atoms with Crippen LogP contribution in [0.3, 0.4) is 0 Å². The summed E-state index contributed by atoms with van der Waals surface area (Å²) in [6.07, 6.45) is 2.00. The number of benzene rings is 1. The summed E-state index contributed by atoms with van der Waals surface area (Å²) >= 11 is 1.70. The Kier molecular flexibility index (Phi) is 6.60. The molecule has 0 aliphatic heterocycles. The van der Waals surface area contributed by atoms with Crippen LogP contribution in [0, 0.1) is 0 Å². The van der Waals surface area contributed by atoms with Crippen molar-refractivity contribution < 1.29 is 9.90 Å². The molecule has 0 heterocycles. The van der Waals surface area contributed by atoms with E-state index in [1.165, 1.54) is 0 Å². The van der Waals surface area contributed by atoms with Crippen molar-refractivity contribution >= 4 is 17.8 Å². The lowest BCUT2D eigenvalue weighted by Crippen LogP contribution is -2.41. The highest BCUT2D eigenvalue weighted by Crippen LogP contribution is 2.11. The zero-order chi connectivity index (χ0) is 13.4. The first-order valence-electron chi connectivity index (χ1n) is 5.90. The van der Waals surface area contributed by atoms with E-state index in [4.69, 9.17) is 0 Å². The largest absolute Gasteiger partial charge is 0.394 e. The molecule has 1 aromatic rings. The van der Waals surface area contributed by atoms with E-state index < -0.39 is 0 Å². The molecular weight excluding hydrogens is 248 g/mol. The summed E-state index contributed by atoms with van der Waals surface area (Å²) in [5.74, 6) is 0. The first kappa shape index (κ1) is 14.9. The van der Waals surface area contributed by atoms with Crippen molar-refractivity contribution in [2.45, 2.75) is 18.2 Å². The van der Waals surface area contributed by atoms with Gasteiger partial charge >= 0.3 is 6.03 Å². The van der Waals surface area contributed by atoms with Crippen LogP contribution in [0.15, 0.2) is 30.3 Å². The smallest absolute Gasteiger partial charge is 0.315 e. The van der Waals surface area contributed by atoms with E-state index in [1.54, 1.807) is 11.8 Å². The molecule has 0 aliphatic carbocycles. The lowest BCUT2D eigenvalue weighted by atomic mass is 10.1. The third-order valence-corrected chi connectivity index (χ3v) is 3.61. The van der Waals surface area contributed by atoms with Crippen LogP contribution in [0.1, 0.15) is 18.5 Å². The van der Waals surface area contributed by atoms with Gasteiger partial charge < -0.3 is 15.7 Å². The van der Waals surface area contributed by atoms with Crippen LogP contribution in [-0.4, -0.2) is 35.8 Å². The number of hydrogen-bond donors (Lipinski definition) is 3. The predicted molar refractivity (Wildman–Crippen MR) is 75.8 cm³/mol. The van der Waals surface area contributed by atoms with Gasteiger partial charge in [-0.15, -0.1) is 0 Å². The molecule has 2 amide bonds. The van der Waals surface area contributed by atoms with Gasteiger partial charge in [-0.05, 0) is 11.8 Å². The van der Waals surface area contributed by atoms with Gasteiger partial charge in [0.25, 0.3) is 0 Å². The second-order valence-corrected chi connectivity index (χ2v) is 5.32. The van der Waals surface area contributed by atoms with Crippen LogP contribution < -0.4 is 10.6 Å². The maximum atomic E-state index is 11.7. The van der Waals surface area contributed by atoms with E-state index in [-0.39, 0.29) is 18.7 Å². The molecule has 0 bridgehead atoms. The van der Waals surface area contributed by atoms with Crippen LogP contribution in [0.5, 0.6) is 0 Å². The molecule has 5 heteroatoms. The molecule has 100 valence electrons. The Balaban J connectivity index is 2.46. The normalized spacial score (nSPS) is 13.7. The van der Waals surface area contributed by atoms with Crippen molar-refractivity contribution in [3.63, 3.8) is 0 Å². The number of nitrogens with one attached hydrogen (secondary N) is 2. The molecule has 0 fully saturated rings. The van der Waals surface area contributed by atoms with E-state index in [0.29, 0.717) is 11.8 Å². The van der Waals surface area contributed by atoms with Crippen molar-refractivity contribution in [2.24, 2.45) is 0 Å². The second-order valence-electron chi connectivity index (χ2n) is 4.05. The lowest BCUT2D eigenvalue weighted by Gasteiger charge is -2.18. The highest BCUT2D eigenvalue weighted by Gasteiger charge is 2.13. The minimum atomic E-state index is -0.365. The molecule has 0 aliphatic rings. The van der Waals surface area contributed by atoms with E-state index in [1.807, 2.05) is 43.5 Å². The highest BCUT2D eigenvalue weighted by atomic mass is 32.2. The number of urea groups is 1. The minimum Gasteiger partial charge on any atom is -0.394 e. The molecule has 0 aromatic heterocycles. The molecule has 1 rings (SSSR count). The van der Waals surface area contributed by atoms with Crippen molar-refractivity contribution in [1.82, 2.24) is 10.6 Å². The zero-order valence-corrected chi connectivity index (χ0v) is 11.5. The van der Waals surface area contributed by atoms with E-state index in [2.05, 4.69) is 10.6 Å². The highest BCUT2D eigenvalue weighted by molar-refractivity contribution is 7.99. The molecule has 3 N–H and O–H groups in total. The first-order chi connectivity index (χ1) is 8.67. The Labute approximate surface area is 112 Å². The molecule has 0 radical (unpaired) electrons. The van der Waals surface area contributed by atoms with Gasteiger partial charge in [-0.1, -0.05) is 37.3 Å². The summed E-state index contributed by atoms with van der Waals surface area (Å²) in [6.45, 7) is 2.54. The number of hydrogen-bond acceptors (Lipinski definition) is 3. The van der Waals surface area contributed by atoms with Gasteiger partial charge in [0.15, 0.2) is 0 Å². The van der Waals surface area contributed by atoms with Gasteiger partial charge in [-0.2, -0.15) is 11.8 Å². The van der Waals surface area contributed by atoms with Gasteiger partial charge in [0.1, 0.15) is 0 Å². The number of carbonyl (C=O) groups is 1. The maximum absolute atomic E-state index is 11.7. The van der Waals surface area contributed by atoms with Crippen LogP contribution in [0.25, 0.3) is 0 Å². The van der Waals surface area contributed by atoms with Crippen LogP contribution in [0.4, 0.5) is 4.79 Å². The van der Waals surface area contributed by atoms with Crippen molar-refractivity contribution in [3.8, 4) is 0 Å². The fourth-order valence-corrected chi connectivity index (χ4v) is 1.70. The number of aliphatic hydroxyl groups excluding tert-OH is 1. The zero-order valence-electron chi connectivity index (χ0n) is 10.7. The third-order valence-electron chi connectivity index (χ3n) is 2.64. The Bertz CT molecular complexity index is 359. The molecular formula is C13H20N2O2S. The number of rotatable bonds is 6. The number of amides is 2. The average molecular weight is 268 g/mol. The topological polar surface area (TPSA) is 61.4 Å². The SMILES string of the molecule is CS[C@H](C)CNC(=O)N[C@@H](CO)c1ccccc1. The minimum absolute atomic E-state index is 0.116. The van der Waals surface area contributed by atoms with Crippen molar-refractivity contribution in [1.29, 1.82) is 0 Å². The van der Waals surface area contributed by atoms with Gasteiger partial charge in [-0.25, -0.2) is 4.79 Å². The first-order valence-corrected chi connectivity index (χ1v) is 7.19. The van der Waals surface area contributed by atoms with Crippen molar-refractivity contribution in [3.05, 3.63) is 35.9 Å². The predicted octanol–water partition coefficient (Wildman–Crippen LogP) is 1.77. The molecule has 0 spiro atoms. The van der Waals surface area contributed by atoms with Gasteiger partial charge in [0.05, 0.1) is 12.6 Å². The van der Waals surface area contributed by atoms with Crippen molar-refractivity contribution in [2.75, 3.05) is 19.4 Å². The molecule has 0 saturated heterocycles. The third kappa shape index (κ3) is 4.98. The monoisotopic (exact) mass is 268 g/mol. The Morgan fingerprint density at radius 2 is 2.06 bits per heavy atom. The summed E-state index contributed by atoms with van der Waals surface area (Å²) in [4.78, 5) is 11.7.